The van der Waals surface area contributed by atoms with Crippen molar-refractivity contribution < 1.29 is 9.53 Å². The van der Waals surface area contributed by atoms with Gasteiger partial charge in [-0.15, -0.1) is 0 Å². The van der Waals surface area contributed by atoms with Gasteiger partial charge in [-0.3, -0.25) is 14.7 Å². The monoisotopic (exact) mass is 386 g/mol. The lowest BCUT2D eigenvalue weighted by Crippen LogP contribution is -2.35. The van der Waals surface area contributed by atoms with E-state index in [0.29, 0.717) is 16.5 Å². The third-order valence-electron chi connectivity index (χ3n) is 4.81. The highest BCUT2D eigenvalue weighted by atomic mass is 35.5. The van der Waals surface area contributed by atoms with E-state index in [2.05, 4.69) is 11.1 Å². The molecule has 0 bridgehead atoms. The minimum atomic E-state index is -0.122. The Bertz CT molecular complexity index is 1200. The highest BCUT2D eigenvalue weighted by molar-refractivity contribution is 6.30. The van der Waals surface area contributed by atoms with Crippen molar-refractivity contribution in [1.29, 1.82) is 0 Å². The Balaban J connectivity index is 1.63. The number of fused-ring (bicyclic) bond motifs is 2. The minimum Gasteiger partial charge on any atom is -0.482 e. The van der Waals surface area contributed by atoms with Crippen LogP contribution >= 0.6 is 11.6 Å². The van der Waals surface area contributed by atoms with Gasteiger partial charge in [-0.1, -0.05) is 35.9 Å². The highest BCUT2D eigenvalue weighted by Crippen LogP contribution is 2.40. The van der Waals surface area contributed by atoms with Gasteiger partial charge in [-0.25, -0.2) is 0 Å². The normalized spacial score (nSPS) is 13.3. The maximum absolute atomic E-state index is 12.6. The molecular formula is C23H15ClN2O2. The molecule has 1 amide bonds. The first kappa shape index (κ1) is 16.8. The van der Waals surface area contributed by atoms with Crippen LogP contribution in [0.1, 0.15) is 0 Å². The van der Waals surface area contributed by atoms with Crippen LogP contribution in [0, 0.1) is 0 Å². The third kappa shape index (κ3) is 2.88. The molecule has 3 aromatic carbocycles. The lowest BCUT2D eigenvalue weighted by molar-refractivity contribution is -0.120. The van der Waals surface area contributed by atoms with Gasteiger partial charge >= 0.3 is 0 Å². The summed E-state index contributed by atoms with van der Waals surface area (Å²) in [6.45, 7) is 0.00645. The number of benzene rings is 3. The number of carbonyl (C=O) groups is 1. The van der Waals surface area contributed by atoms with E-state index < -0.39 is 0 Å². The van der Waals surface area contributed by atoms with Crippen molar-refractivity contribution in [3.63, 3.8) is 0 Å². The second-order valence-corrected chi connectivity index (χ2v) is 7.03. The largest absolute Gasteiger partial charge is 0.482 e. The average Bonchev–Trinajstić information content (AvgIpc) is 2.74. The van der Waals surface area contributed by atoms with E-state index in [-0.39, 0.29) is 12.5 Å². The first-order chi connectivity index (χ1) is 13.7. The maximum Gasteiger partial charge on any atom is 0.269 e. The lowest BCUT2D eigenvalue weighted by atomic mass is 10.0. The Labute approximate surface area is 167 Å². The molecule has 1 aliphatic rings. The summed E-state index contributed by atoms with van der Waals surface area (Å²) < 4.78 is 5.64. The number of anilines is 2. The van der Waals surface area contributed by atoms with E-state index in [4.69, 9.17) is 16.3 Å². The van der Waals surface area contributed by atoms with E-state index >= 15 is 0 Å². The minimum absolute atomic E-state index is 0.00645. The number of carbonyl (C=O) groups excluding carboxylic acids is 1. The molecule has 0 saturated heterocycles. The Hall–Kier alpha value is -3.37. The van der Waals surface area contributed by atoms with Crippen molar-refractivity contribution in [1.82, 2.24) is 4.98 Å². The summed E-state index contributed by atoms with van der Waals surface area (Å²) >= 11 is 6.01. The van der Waals surface area contributed by atoms with E-state index in [1.807, 2.05) is 60.8 Å². The number of hydrogen-bond donors (Lipinski definition) is 0. The predicted molar refractivity (Wildman–Crippen MR) is 111 cm³/mol. The second kappa shape index (κ2) is 6.66. The van der Waals surface area contributed by atoms with Gasteiger partial charge in [0.15, 0.2) is 6.61 Å². The van der Waals surface area contributed by atoms with Crippen LogP contribution in [0.3, 0.4) is 0 Å². The first-order valence-electron chi connectivity index (χ1n) is 8.89. The van der Waals surface area contributed by atoms with Gasteiger partial charge in [0.05, 0.1) is 11.2 Å². The van der Waals surface area contributed by atoms with Crippen LogP contribution in [0.15, 0.2) is 79.0 Å². The van der Waals surface area contributed by atoms with E-state index in [1.54, 1.807) is 17.0 Å². The van der Waals surface area contributed by atoms with E-state index in [9.17, 15) is 4.79 Å². The van der Waals surface area contributed by atoms with Crippen LogP contribution in [-0.4, -0.2) is 17.5 Å². The molecule has 4 aromatic rings. The Kier molecular flexibility index (Phi) is 3.99. The smallest absolute Gasteiger partial charge is 0.269 e. The standard InChI is InChI=1S/C23H15ClN2O2/c24-18-6-8-19(9-7-18)26-21-12-15(5-10-22(21)28-14-23(26)27)17-11-16-3-1-2-4-20(16)25-13-17/h1-13H,14H2. The Morgan fingerprint density at radius 2 is 1.75 bits per heavy atom. The van der Waals surface area contributed by atoms with Gasteiger partial charge in [0.1, 0.15) is 5.75 Å². The zero-order valence-electron chi connectivity index (χ0n) is 14.8. The molecule has 1 aromatic heterocycles. The number of rotatable bonds is 2. The van der Waals surface area contributed by atoms with Crippen LogP contribution in [0.25, 0.3) is 22.0 Å². The third-order valence-corrected chi connectivity index (χ3v) is 5.06. The van der Waals surface area contributed by atoms with Crippen LogP contribution in [0.2, 0.25) is 5.02 Å². The number of halogens is 1. The fourth-order valence-electron chi connectivity index (χ4n) is 3.43. The summed E-state index contributed by atoms with van der Waals surface area (Å²) in [5.41, 5.74) is 4.37. The van der Waals surface area contributed by atoms with E-state index in [0.717, 1.165) is 27.7 Å². The predicted octanol–water partition coefficient (Wildman–Crippen LogP) is 5.61. The van der Waals surface area contributed by atoms with Gasteiger partial charge < -0.3 is 4.74 Å². The number of nitrogens with zero attached hydrogens (tertiary/aromatic N) is 2. The molecule has 5 heteroatoms. The van der Waals surface area contributed by atoms with Crippen molar-refractivity contribution in [2.45, 2.75) is 0 Å². The van der Waals surface area contributed by atoms with E-state index in [1.165, 1.54) is 0 Å². The molecule has 0 spiro atoms. The Morgan fingerprint density at radius 3 is 2.61 bits per heavy atom. The molecule has 136 valence electrons. The summed E-state index contributed by atoms with van der Waals surface area (Å²) in [6, 6.07) is 23.2. The van der Waals surface area contributed by atoms with Crippen LogP contribution < -0.4 is 9.64 Å². The Morgan fingerprint density at radius 1 is 0.929 bits per heavy atom. The fraction of sp³-hybridized carbons (Fsp3) is 0.0435. The quantitative estimate of drug-likeness (QED) is 0.449. The van der Waals surface area contributed by atoms with Gasteiger partial charge in [0.25, 0.3) is 5.91 Å². The summed E-state index contributed by atoms with van der Waals surface area (Å²) in [6.07, 6.45) is 1.85. The van der Waals surface area contributed by atoms with Crippen LogP contribution in [-0.2, 0) is 4.79 Å². The zero-order chi connectivity index (χ0) is 19.1. The number of hydrogen-bond acceptors (Lipinski definition) is 3. The molecule has 0 saturated carbocycles. The molecular weight excluding hydrogens is 372 g/mol. The molecule has 0 fully saturated rings. The highest BCUT2D eigenvalue weighted by Gasteiger charge is 2.27. The lowest BCUT2D eigenvalue weighted by Gasteiger charge is -2.30. The topological polar surface area (TPSA) is 42.4 Å². The van der Waals surface area contributed by atoms with Crippen molar-refractivity contribution in [3.05, 3.63) is 84.0 Å². The second-order valence-electron chi connectivity index (χ2n) is 6.59. The zero-order valence-corrected chi connectivity index (χ0v) is 15.6. The number of ether oxygens (including phenoxy) is 1. The molecule has 2 heterocycles. The molecule has 0 atom stereocenters. The molecule has 0 N–H and O–H groups in total. The SMILES string of the molecule is O=C1COc2ccc(-c3cnc4ccccc4c3)cc2N1c1ccc(Cl)cc1. The van der Waals surface area contributed by atoms with Crippen molar-refractivity contribution in [2.24, 2.45) is 0 Å². The van der Waals surface area contributed by atoms with Crippen molar-refractivity contribution >= 4 is 39.8 Å². The number of para-hydroxylation sites is 1. The molecule has 0 unspecified atom stereocenters. The summed E-state index contributed by atoms with van der Waals surface area (Å²) in [7, 11) is 0. The molecule has 0 aliphatic carbocycles. The van der Waals surface area contributed by atoms with Crippen LogP contribution in [0.5, 0.6) is 5.75 Å². The van der Waals surface area contributed by atoms with Gasteiger partial charge in [-0.2, -0.15) is 0 Å². The molecule has 5 rings (SSSR count). The summed E-state index contributed by atoms with van der Waals surface area (Å²) in [5, 5.41) is 1.69. The molecule has 1 aliphatic heterocycles. The van der Waals surface area contributed by atoms with Crippen molar-refractivity contribution in [2.75, 3.05) is 11.5 Å². The molecule has 0 radical (unpaired) electrons. The first-order valence-corrected chi connectivity index (χ1v) is 9.27. The molecule has 4 nitrogen and oxygen atoms in total. The van der Waals surface area contributed by atoms with Crippen molar-refractivity contribution in [3.8, 4) is 16.9 Å². The number of pyridine rings is 1. The number of amides is 1. The summed E-state index contributed by atoms with van der Waals surface area (Å²) in [5.74, 6) is 0.552. The molecule has 28 heavy (non-hydrogen) atoms. The number of aromatic nitrogens is 1. The van der Waals surface area contributed by atoms with Crippen LogP contribution in [0.4, 0.5) is 11.4 Å². The van der Waals surface area contributed by atoms with Gasteiger partial charge in [0.2, 0.25) is 0 Å². The maximum atomic E-state index is 12.6. The van der Waals surface area contributed by atoms with Gasteiger partial charge in [0, 0.05) is 27.9 Å². The fourth-order valence-corrected chi connectivity index (χ4v) is 3.56. The van der Waals surface area contributed by atoms with Gasteiger partial charge in [-0.05, 0) is 54.1 Å². The average molecular weight is 387 g/mol. The summed E-state index contributed by atoms with van der Waals surface area (Å²) in [4.78, 5) is 18.8.